The molecule has 0 heterocycles. The second-order valence-corrected chi connectivity index (χ2v) is 3.63. The minimum Gasteiger partial charge on any atom is -0.346 e. The van der Waals surface area contributed by atoms with Crippen molar-refractivity contribution in [3.8, 4) is 0 Å². The second kappa shape index (κ2) is 20.3. The van der Waals surface area contributed by atoms with Crippen molar-refractivity contribution in [1.29, 1.82) is 0 Å². The van der Waals surface area contributed by atoms with Crippen LogP contribution in [0.25, 0.3) is 0 Å². The fraction of sp³-hybridized carbons (Fsp3) is 0.786. The average molecular weight is 291 g/mol. The van der Waals surface area contributed by atoms with E-state index in [1.54, 1.807) is 19.8 Å². The predicted molar refractivity (Wildman–Crippen MR) is 69.9 cm³/mol. The van der Waals surface area contributed by atoms with Crippen molar-refractivity contribution in [1.82, 2.24) is 0 Å². The van der Waals surface area contributed by atoms with Crippen LogP contribution in [0, 0.1) is 31.6 Å². The zero-order chi connectivity index (χ0) is 12.1. The van der Waals surface area contributed by atoms with Gasteiger partial charge in [-0.1, -0.05) is 41.0 Å². The molecule has 0 spiro atoms. The number of rotatable bonds is 4. The molecular formula is C14H31Zr. The molecule has 0 aromatic carbocycles. The first kappa shape index (κ1) is 24.9. The molecule has 15 heavy (non-hydrogen) atoms. The molecule has 0 saturated carbocycles. The first-order valence-electron chi connectivity index (χ1n) is 5.86. The SMILES string of the molecule is CCC[C-](C(C)C)C(C)C.[CH2-]C.[CH2-]C.[Zr+3]. The summed E-state index contributed by atoms with van der Waals surface area (Å²) in [5.41, 5.74) is 0. The van der Waals surface area contributed by atoms with Gasteiger partial charge in [-0.05, 0) is 0 Å². The Hall–Kier alpha value is 0.883. The third kappa shape index (κ3) is 17.5. The molecule has 0 N–H and O–H groups in total. The van der Waals surface area contributed by atoms with Crippen LogP contribution in [0.4, 0.5) is 0 Å². The van der Waals surface area contributed by atoms with Gasteiger partial charge in [0.05, 0.1) is 0 Å². The van der Waals surface area contributed by atoms with E-state index in [2.05, 4.69) is 48.5 Å². The quantitative estimate of drug-likeness (QED) is 0.612. The molecule has 0 aliphatic rings. The van der Waals surface area contributed by atoms with Crippen LogP contribution in [-0.4, -0.2) is 0 Å². The van der Waals surface area contributed by atoms with Gasteiger partial charge in [0.1, 0.15) is 0 Å². The largest absolute Gasteiger partial charge is 3.00 e. The first-order chi connectivity index (χ1) is 6.59. The molecular weight excluding hydrogens is 259 g/mol. The van der Waals surface area contributed by atoms with Crippen LogP contribution in [-0.2, 0) is 26.2 Å². The van der Waals surface area contributed by atoms with Crippen LogP contribution in [0.15, 0.2) is 0 Å². The molecule has 0 aromatic heterocycles. The van der Waals surface area contributed by atoms with Crippen LogP contribution < -0.4 is 0 Å². The van der Waals surface area contributed by atoms with Gasteiger partial charge in [0.15, 0.2) is 0 Å². The monoisotopic (exact) mass is 289 g/mol. The van der Waals surface area contributed by atoms with Gasteiger partial charge in [-0.25, -0.2) is 0 Å². The summed E-state index contributed by atoms with van der Waals surface area (Å²) in [4.78, 5) is 0. The minimum atomic E-state index is 0. The van der Waals surface area contributed by atoms with E-state index in [-0.39, 0.29) is 26.2 Å². The van der Waals surface area contributed by atoms with Crippen molar-refractivity contribution in [3.05, 3.63) is 19.8 Å². The first-order valence-corrected chi connectivity index (χ1v) is 5.86. The van der Waals surface area contributed by atoms with E-state index in [9.17, 15) is 0 Å². The van der Waals surface area contributed by atoms with E-state index >= 15 is 0 Å². The molecule has 0 unspecified atom stereocenters. The Bertz CT molecular complexity index is 69.4. The molecule has 1 radical (unpaired) electrons. The van der Waals surface area contributed by atoms with E-state index < -0.39 is 0 Å². The number of hydrogen-bond donors (Lipinski definition) is 0. The Morgan fingerprint density at radius 3 is 1.20 bits per heavy atom. The third-order valence-corrected chi connectivity index (χ3v) is 2.02. The second-order valence-electron chi connectivity index (χ2n) is 3.63. The maximum absolute atomic E-state index is 3.25. The van der Waals surface area contributed by atoms with E-state index in [0.29, 0.717) is 0 Å². The van der Waals surface area contributed by atoms with Crippen molar-refractivity contribution in [3.63, 3.8) is 0 Å². The van der Waals surface area contributed by atoms with Crippen LogP contribution in [0.2, 0.25) is 0 Å². The van der Waals surface area contributed by atoms with Gasteiger partial charge in [-0.3, -0.25) is 0 Å². The molecule has 0 nitrogen and oxygen atoms in total. The molecule has 0 atom stereocenters. The Morgan fingerprint density at radius 2 is 1.13 bits per heavy atom. The van der Waals surface area contributed by atoms with Gasteiger partial charge in [-0.2, -0.15) is 32.1 Å². The Labute approximate surface area is 119 Å². The van der Waals surface area contributed by atoms with Gasteiger partial charge >= 0.3 is 26.2 Å². The molecule has 0 aromatic rings. The average Bonchev–Trinajstić information content (AvgIpc) is 2.19. The summed E-state index contributed by atoms with van der Waals surface area (Å²) in [7, 11) is 0. The molecule has 0 rings (SSSR count). The standard InChI is InChI=1S/C10H21.2C2H5.Zr/c1-6-7-10(8(2)3)9(4)5;2*1-2;/h8-9H,6-7H2,1-5H3;2*1H2,2H3;/q3*-1;+3. The van der Waals surface area contributed by atoms with Crippen molar-refractivity contribution >= 4 is 0 Å². The molecule has 0 saturated heterocycles. The molecule has 0 aliphatic heterocycles. The van der Waals surface area contributed by atoms with Gasteiger partial charge in [0, 0.05) is 0 Å². The molecule has 91 valence electrons. The molecule has 0 amide bonds. The molecule has 0 bridgehead atoms. The van der Waals surface area contributed by atoms with Crippen LogP contribution >= 0.6 is 0 Å². The summed E-state index contributed by atoms with van der Waals surface area (Å²) in [6, 6.07) is 0. The Balaban J connectivity index is -0.000000107. The normalized spacial score (nSPS) is 8.80. The van der Waals surface area contributed by atoms with Gasteiger partial charge in [0.25, 0.3) is 0 Å². The zero-order valence-electron chi connectivity index (χ0n) is 12.0. The van der Waals surface area contributed by atoms with Crippen molar-refractivity contribution in [2.24, 2.45) is 11.8 Å². The van der Waals surface area contributed by atoms with E-state index in [1.807, 2.05) is 0 Å². The number of hydrogen-bond acceptors (Lipinski definition) is 0. The smallest absolute Gasteiger partial charge is 0.346 e. The van der Waals surface area contributed by atoms with Gasteiger partial charge in [-0.15, -0.1) is 0 Å². The molecule has 1 heteroatoms. The Kier molecular flexibility index (Phi) is 33.7. The summed E-state index contributed by atoms with van der Waals surface area (Å²) in [5.74, 6) is 3.28. The maximum atomic E-state index is 3.25. The summed E-state index contributed by atoms with van der Waals surface area (Å²) in [6.07, 6.45) is 2.61. The van der Waals surface area contributed by atoms with Crippen molar-refractivity contribution in [2.45, 2.75) is 61.3 Å². The van der Waals surface area contributed by atoms with Gasteiger partial charge < -0.3 is 19.8 Å². The van der Waals surface area contributed by atoms with Crippen molar-refractivity contribution in [2.75, 3.05) is 0 Å². The summed E-state index contributed by atoms with van der Waals surface area (Å²) in [5, 5.41) is 0. The van der Waals surface area contributed by atoms with E-state index in [0.717, 1.165) is 11.8 Å². The fourth-order valence-electron chi connectivity index (χ4n) is 1.53. The summed E-state index contributed by atoms with van der Waals surface area (Å²) in [6.45, 7) is 21.4. The molecule has 0 aliphatic carbocycles. The molecule has 0 fully saturated rings. The minimum absolute atomic E-state index is 0. The summed E-state index contributed by atoms with van der Waals surface area (Å²) < 4.78 is 0. The predicted octanol–water partition coefficient (Wildman–Crippen LogP) is 5.35. The fourth-order valence-corrected chi connectivity index (χ4v) is 1.53. The van der Waals surface area contributed by atoms with E-state index in [4.69, 9.17) is 0 Å². The zero-order valence-corrected chi connectivity index (χ0v) is 14.4. The topological polar surface area (TPSA) is 0 Å². The van der Waals surface area contributed by atoms with Crippen LogP contribution in [0.1, 0.15) is 61.3 Å². The maximum Gasteiger partial charge on any atom is 3.00 e. The van der Waals surface area contributed by atoms with Crippen LogP contribution in [0.5, 0.6) is 0 Å². The Morgan fingerprint density at radius 1 is 0.867 bits per heavy atom. The van der Waals surface area contributed by atoms with E-state index in [1.165, 1.54) is 12.8 Å². The summed E-state index contributed by atoms with van der Waals surface area (Å²) >= 11 is 0. The van der Waals surface area contributed by atoms with Crippen LogP contribution in [0.3, 0.4) is 0 Å². The third-order valence-electron chi connectivity index (χ3n) is 2.02. The van der Waals surface area contributed by atoms with Gasteiger partial charge in [0.2, 0.25) is 0 Å². The van der Waals surface area contributed by atoms with Crippen molar-refractivity contribution < 1.29 is 26.2 Å².